The molecule has 0 bridgehead atoms. The van der Waals surface area contributed by atoms with Gasteiger partial charge in [0.2, 0.25) is 0 Å². The molecular weight excluding hydrogens is 256 g/mol. The second-order valence-electron chi connectivity index (χ2n) is 6.58. The van der Waals surface area contributed by atoms with Gasteiger partial charge in [-0.15, -0.1) is 0 Å². The summed E-state index contributed by atoms with van der Waals surface area (Å²) in [4.78, 5) is 25.3. The molecule has 0 aromatic rings. The normalized spacial score (nSPS) is 13.2. The molecular formula is C15H30N2O3. The zero-order valence-corrected chi connectivity index (χ0v) is 13.7. The van der Waals surface area contributed by atoms with Crippen LogP contribution in [0.25, 0.3) is 0 Å². The molecule has 0 heterocycles. The maximum Gasteiger partial charge on any atom is 0.326 e. The summed E-state index contributed by atoms with van der Waals surface area (Å²) >= 11 is 0. The van der Waals surface area contributed by atoms with E-state index in [9.17, 15) is 14.7 Å². The maximum absolute atomic E-state index is 12.3. The first-order valence-electron chi connectivity index (χ1n) is 7.41. The Hall–Kier alpha value is -1.26. The number of hydrogen-bond acceptors (Lipinski definition) is 2. The highest BCUT2D eigenvalue weighted by Gasteiger charge is 2.34. The number of urea groups is 1. The van der Waals surface area contributed by atoms with Crippen molar-refractivity contribution < 1.29 is 14.7 Å². The molecule has 0 spiro atoms. The number of hydrogen-bond donors (Lipinski definition) is 2. The SMILES string of the molecule is CCCCCN(C(=O)NC(C(=O)O)C(C)(C)C)C(C)C. The van der Waals surface area contributed by atoms with Gasteiger partial charge in [0.25, 0.3) is 0 Å². The minimum absolute atomic E-state index is 0.0567. The lowest BCUT2D eigenvalue weighted by atomic mass is 9.87. The topological polar surface area (TPSA) is 69.6 Å². The van der Waals surface area contributed by atoms with Crippen LogP contribution in [0.2, 0.25) is 0 Å². The van der Waals surface area contributed by atoms with Crippen molar-refractivity contribution in [1.82, 2.24) is 10.2 Å². The summed E-state index contributed by atoms with van der Waals surface area (Å²) < 4.78 is 0. The van der Waals surface area contributed by atoms with Crippen molar-refractivity contribution >= 4 is 12.0 Å². The van der Waals surface area contributed by atoms with Gasteiger partial charge >= 0.3 is 12.0 Å². The summed E-state index contributed by atoms with van der Waals surface area (Å²) in [5, 5.41) is 11.9. The van der Waals surface area contributed by atoms with Crippen molar-refractivity contribution in [1.29, 1.82) is 0 Å². The van der Waals surface area contributed by atoms with Crippen LogP contribution in [-0.2, 0) is 4.79 Å². The molecule has 5 nitrogen and oxygen atoms in total. The van der Waals surface area contributed by atoms with Gasteiger partial charge in [-0.05, 0) is 25.7 Å². The van der Waals surface area contributed by atoms with E-state index in [0.29, 0.717) is 6.54 Å². The van der Waals surface area contributed by atoms with Crippen molar-refractivity contribution in [3.63, 3.8) is 0 Å². The minimum atomic E-state index is -0.997. The molecule has 2 amide bonds. The number of carbonyl (C=O) groups excluding carboxylic acids is 1. The number of carbonyl (C=O) groups is 2. The minimum Gasteiger partial charge on any atom is -0.480 e. The predicted octanol–water partition coefficient (Wildman–Crippen LogP) is 3.10. The largest absolute Gasteiger partial charge is 0.480 e. The Morgan fingerprint density at radius 3 is 2.10 bits per heavy atom. The molecule has 0 saturated heterocycles. The van der Waals surface area contributed by atoms with Crippen LogP contribution in [0.3, 0.4) is 0 Å². The first kappa shape index (κ1) is 18.7. The third-order valence-corrected chi connectivity index (χ3v) is 3.27. The predicted molar refractivity (Wildman–Crippen MR) is 80.8 cm³/mol. The summed E-state index contributed by atoms with van der Waals surface area (Å²) in [5.41, 5.74) is -0.520. The fourth-order valence-corrected chi connectivity index (χ4v) is 1.98. The Balaban J connectivity index is 4.77. The average Bonchev–Trinajstić information content (AvgIpc) is 2.29. The molecule has 0 saturated carbocycles. The Bertz CT molecular complexity index is 322. The number of unbranched alkanes of at least 4 members (excludes halogenated alkanes) is 2. The zero-order valence-electron chi connectivity index (χ0n) is 13.7. The summed E-state index contributed by atoms with van der Waals surface area (Å²) in [6.07, 6.45) is 3.10. The Labute approximate surface area is 122 Å². The molecule has 0 radical (unpaired) electrons. The third-order valence-electron chi connectivity index (χ3n) is 3.27. The van der Waals surface area contributed by atoms with Crippen molar-refractivity contribution in [3.8, 4) is 0 Å². The monoisotopic (exact) mass is 286 g/mol. The standard InChI is InChI=1S/C15H30N2O3/c1-7-8-9-10-17(11(2)3)14(20)16-12(13(18)19)15(4,5)6/h11-12H,7-10H2,1-6H3,(H,16,20)(H,18,19). The fourth-order valence-electron chi connectivity index (χ4n) is 1.98. The molecule has 0 aliphatic heterocycles. The Morgan fingerprint density at radius 2 is 1.75 bits per heavy atom. The van der Waals surface area contributed by atoms with E-state index in [4.69, 9.17) is 0 Å². The number of carboxylic acids is 1. The first-order valence-corrected chi connectivity index (χ1v) is 7.41. The molecule has 0 fully saturated rings. The van der Waals surface area contributed by atoms with E-state index in [-0.39, 0.29) is 12.1 Å². The van der Waals surface area contributed by atoms with Crippen LogP contribution in [-0.4, -0.2) is 40.6 Å². The molecule has 1 unspecified atom stereocenters. The number of nitrogens with one attached hydrogen (secondary N) is 1. The van der Waals surface area contributed by atoms with E-state index in [1.165, 1.54) is 0 Å². The Kier molecular flexibility index (Phi) is 7.61. The molecule has 0 aliphatic rings. The number of aliphatic carboxylic acids is 1. The highest BCUT2D eigenvalue weighted by molar-refractivity contribution is 5.83. The molecule has 0 rings (SSSR count). The van der Waals surface area contributed by atoms with Crippen molar-refractivity contribution in [2.45, 2.75) is 72.9 Å². The van der Waals surface area contributed by atoms with Crippen LogP contribution >= 0.6 is 0 Å². The van der Waals surface area contributed by atoms with Crippen molar-refractivity contribution in [2.24, 2.45) is 5.41 Å². The van der Waals surface area contributed by atoms with Gasteiger partial charge in [-0.25, -0.2) is 9.59 Å². The summed E-state index contributed by atoms with van der Waals surface area (Å²) in [6.45, 7) is 12.1. The van der Waals surface area contributed by atoms with Crippen LogP contribution < -0.4 is 5.32 Å². The third kappa shape index (κ3) is 6.26. The van der Waals surface area contributed by atoms with Gasteiger partial charge in [0.05, 0.1) is 0 Å². The van der Waals surface area contributed by atoms with Crippen LogP contribution in [0, 0.1) is 5.41 Å². The van der Waals surface area contributed by atoms with Crippen molar-refractivity contribution in [2.75, 3.05) is 6.54 Å². The smallest absolute Gasteiger partial charge is 0.326 e. The fraction of sp³-hybridized carbons (Fsp3) is 0.867. The second kappa shape index (κ2) is 8.12. The van der Waals surface area contributed by atoms with Gasteiger partial charge in [0.15, 0.2) is 0 Å². The van der Waals surface area contributed by atoms with Gasteiger partial charge < -0.3 is 15.3 Å². The number of carboxylic acid groups (broad SMARTS) is 1. The van der Waals surface area contributed by atoms with Gasteiger partial charge in [-0.2, -0.15) is 0 Å². The number of nitrogens with zero attached hydrogens (tertiary/aromatic N) is 1. The highest BCUT2D eigenvalue weighted by atomic mass is 16.4. The molecule has 0 aromatic carbocycles. The van der Waals surface area contributed by atoms with E-state index in [0.717, 1.165) is 19.3 Å². The average molecular weight is 286 g/mol. The molecule has 0 aromatic heterocycles. The van der Waals surface area contributed by atoms with E-state index in [2.05, 4.69) is 12.2 Å². The molecule has 0 aliphatic carbocycles. The summed E-state index contributed by atoms with van der Waals surface area (Å²) in [7, 11) is 0. The summed E-state index contributed by atoms with van der Waals surface area (Å²) in [6, 6.07) is -1.12. The lowest BCUT2D eigenvalue weighted by molar-refractivity contribution is -0.142. The highest BCUT2D eigenvalue weighted by Crippen LogP contribution is 2.20. The number of rotatable bonds is 7. The molecule has 5 heteroatoms. The van der Waals surface area contributed by atoms with Gasteiger partial charge in [-0.1, -0.05) is 40.5 Å². The van der Waals surface area contributed by atoms with E-state index < -0.39 is 17.4 Å². The first-order chi connectivity index (χ1) is 9.11. The quantitative estimate of drug-likeness (QED) is 0.707. The molecule has 2 N–H and O–H groups in total. The lowest BCUT2D eigenvalue weighted by Gasteiger charge is -2.33. The zero-order chi connectivity index (χ0) is 15.9. The molecule has 20 heavy (non-hydrogen) atoms. The van der Waals surface area contributed by atoms with Gasteiger partial charge in [0.1, 0.15) is 6.04 Å². The summed E-state index contributed by atoms with van der Waals surface area (Å²) in [5.74, 6) is -0.997. The van der Waals surface area contributed by atoms with Crippen LogP contribution in [0.4, 0.5) is 4.79 Å². The molecule has 118 valence electrons. The van der Waals surface area contributed by atoms with Crippen LogP contribution in [0.5, 0.6) is 0 Å². The molecule has 1 atom stereocenters. The van der Waals surface area contributed by atoms with E-state index in [1.807, 2.05) is 34.6 Å². The second-order valence-corrected chi connectivity index (χ2v) is 6.58. The van der Waals surface area contributed by atoms with Gasteiger partial charge in [0, 0.05) is 12.6 Å². The maximum atomic E-state index is 12.3. The van der Waals surface area contributed by atoms with E-state index >= 15 is 0 Å². The lowest BCUT2D eigenvalue weighted by Crippen LogP contribution is -2.54. The van der Waals surface area contributed by atoms with Crippen LogP contribution in [0.15, 0.2) is 0 Å². The Morgan fingerprint density at radius 1 is 1.20 bits per heavy atom. The van der Waals surface area contributed by atoms with E-state index in [1.54, 1.807) is 4.90 Å². The van der Waals surface area contributed by atoms with Crippen molar-refractivity contribution in [3.05, 3.63) is 0 Å². The van der Waals surface area contributed by atoms with Gasteiger partial charge in [-0.3, -0.25) is 0 Å². The van der Waals surface area contributed by atoms with Crippen LogP contribution in [0.1, 0.15) is 60.8 Å². The number of amides is 2.